The van der Waals surface area contributed by atoms with Crippen LogP contribution in [-0.4, -0.2) is 24.0 Å². The first-order valence-corrected chi connectivity index (χ1v) is 5.24. The first-order chi connectivity index (χ1) is 5.89. The maximum absolute atomic E-state index is 10.5. The van der Waals surface area contributed by atoms with Crippen molar-refractivity contribution in [2.45, 2.75) is 26.2 Å². The minimum absolute atomic E-state index is 0.331. The molecule has 0 spiro atoms. The molecule has 6 heteroatoms. The molecule has 0 saturated carbocycles. The summed E-state index contributed by atoms with van der Waals surface area (Å²) in [5.74, 6) is -1.63. The molecule has 0 aliphatic rings. The van der Waals surface area contributed by atoms with Gasteiger partial charge in [-0.25, -0.2) is 4.79 Å². The van der Waals surface area contributed by atoms with Crippen LogP contribution in [0.5, 0.6) is 0 Å². The SMILES string of the molecule is CCCC/C=C(\C(=O)O)S(=O)(=O)O. The molecule has 13 heavy (non-hydrogen) atoms. The Morgan fingerprint density at radius 1 is 1.46 bits per heavy atom. The Bertz CT molecular complexity index is 301. The number of carboxylic acid groups (broad SMARTS) is 1. The fourth-order valence-electron chi connectivity index (χ4n) is 0.740. The van der Waals surface area contributed by atoms with Crippen LogP contribution in [0.3, 0.4) is 0 Å². The average Bonchev–Trinajstić information content (AvgIpc) is 1.94. The smallest absolute Gasteiger partial charge is 0.349 e. The molecule has 0 amide bonds. The molecule has 0 fully saturated rings. The van der Waals surface area contributed by atoms with Crippen molar-refractivity contribution in [2.24, 2.45) is 0 Å². The summed E-state index contributed by atoms with van der Waals surface area (Å²) < 4.78 is 29.4. The van der Waals surface area contributed by atoms with Gasteiger partial charge in [-0.1, -0.05) is 25.8 Å². The van der Waals surface area contributed by atoms with Gasteiger partial charge in [0.25, 0.3) is 0 Å². The zero-order valence-corrected chi connectivity index (χ0v) is 8.04. The lowest BCUT2D eigenvalue weighted by atomic mass is 10.2. The zero-order valence-electron chi connectivity index (χ0n) is 7.23. The van der Waals surface area contributed by atoms with Gasteiger partial charge in [0.2, 0.25) is 0 Å². The molecule has 5 nitrogen and oxygen atoms in total. The quantitative estimate of drug-likeness (QED) is 0.400. The summed E-state index contributed by atoms with van der Waals surface area (Å²) in [5.41, 5.74) is 0. The molecule has 76 valence electrons. The third-order valence-electron chi connectivity index (χ3n) is 1.38. The largest absolute Gasteiger partial charge is 0.477 e. The van der Waals surface area contributed by atoms with Crippen molar-refractivity contribution in [1.29, 1.82) is 0 Å². The van der Waals surface area contributed by atoms with Crippen LogP contribution in [0.1, 0.15) is 26.2 Å². The molecule has 2 N–H and O–H groups in total. The van der Waals surface area contributed by atoms with Gasteiger partial charge in [0, 0.05) is 0 Å². The summed E-state index contributed by atoms with van der Waals surface area (Å²) in [6.45, 7) is 1.89. The van der Waals surface area contributed by atoms with E-state index >= 15 is 0 Å². The molecule has 0 aromatic carbocycles. The van der Waals surface area contributed by atoms with E-state index in [0.29, 0.717) is 12.8 Å². The highest BCUT2D eigenvalue weighted by atomic mass is 32.2. The van der Waals surface area contributed by atoms with Crippen molar-refractivity contribution in [3.05, 3.63) is 11.0 Å². The van der Waals surface area contributed by atoms with Gasteiger partial charge in [0.1, 0.15) is 0 Å². The van der Waals surface area contributed by atoms with E-state index in [1.54, 1.807) is 0 Å². The Hall–Kier alpha value is -0.880. The molecule has 0 aliphatic heterocycles. The highest BCUT2D eigenvalue weighted by Crippen LogP contribution is 2.07. The van der Waals surface area contributed by atoms with Crippen LogP contribution in [0.15, 0.2) is 11.0 Å². The van der Waals surface area contributed by atoms with Crippen LogP contribution in [0.2, 0.25) is 0 Å². The third-order valence-corrected chi connectivity index (χ3v) is 2.27. The highest BCUT2D eigenvalue weighted by molar-refractivity contribution is 7.90. The zero-order chi connectivity index (χ0) is 10.5. The maximum Gasteiger partial charge on any atom is 0.349 e. The van der Waals surface area contributed by atoms with Crippen LogP contribution >= 0.6 is 0 Å². The molecule has 0 heterocycles. The van der Waals surface area contributed by atoms with Gasteiger partial charge in [0.05, 0.1) is 0 Å². The molecule has 0 aromatic rings. The molecular weight excluding hydrogens is 196 g/mol. The van der Waals surface area contributed by atoms with Gasteiger partial charge >= 0.3 is 16.1 Å². The molecule has 0 bridgehead atoms. The normalized spacial score (nSPS) is 12.9. The van der Waals surface area contributed by atoms with E-state index < -0.39 is 21.0 Å². The molecular formula is C7H12O5S. The lowest BCUT2D eigenvalue weighted by Gasteiger charge is -1.97. The van der Waals surface area contributed by atoms with Crippen molar-refractivity contribution in [2.75, 3.05) is 0 Å². The molecule has 0 unspecified atom stereocenters. The number of allylic oxidation sites excluding steroid dienone is 1. The number of hydrogen-bond acceptors (Lipinski definition) is 3. The van der Waals surface area contributed by atoms with Gasteiger partial charge in [0.15, 0.2) is 4.91 Å². The van der Waals surface area contributed by atoms with E-state index in [1.165, 1.54) is 0 Å². The van der Waals surface area contributed by atoms with Crippen LogP contribution in [0, 0.1) is 0 Å². The molecule has 0 aliphatic carbocycles. The molecule has 0 atom stereocenters. The van der Waals surface area contributed by atoms with E-state index in [4.69, 9.17) is 9.66 Å². The summed E-state index contributed by atoms with van der Waals surface area (Å²) in [4.78, 5) is 9.39. The van der Waals surface area contributed by atoms with Gasteiger partial charge < -0.3 is 5.11 Å². The van der Waals surface area contributed by atoms with E-state index in [-0.39, 0.29) is 0 Å². The van der Waals surface area contributed by atoms with Crippen molar-refractivity contribution < 1.29 is 22.9 Å². The predicted octanol–water partition coefficient (Wildman–Crippen LogP) is 1.03. The Morgan fingerprint density at radius 2 is 2.00 bits per heavy atom. The Kier molecular flexibility index (Phi) is 4.64. The fourth-order valence-corrected chi connectivity index (χ4v) is 1.29. The van der Waals surface area contributed by atoms with Crippen molar-refractivity contribution in [3.8, 4) is 0 Å². The Balaban J connectivity index is 4.64. The summed E-state index contributed by atoms with van der Waals surface area (Å²) in [6.07, 6.45) is 2.86. The third kappa shape index (κ3) is 4.64. The van der Waals surface area contributed by atoms with E-state index in [2.05, 4.69) is 0 Å². The number of carboxylic acids is 1. The van der Waals surface area contributed by atoms with E-state index in [1.807, 2.05) is 6.92 Å². The summed E-state index contributed by atoms with van der Waals surface area (Å²) in [7, 11) is -4.58. The van der Waals surface area contributed by atoms with Crippen molar-refractivity contribution in [3.63, 3.8) is 0 Å². The topological polar surface area (TPSA) is 91.7 Å². The number of hydrogen-bond donors (Lipinski definition) is 2. The van der Waals surface area contributed by atoms with Crippen molar-refractivity contribution in [1.82, 2.24) is 0 Å². The minimum Gasteiger partial charge on any atom is -0.477 e. The second-order valence-corrected chi connectivity index (χ2v) is 3.88. The number of unbranched alkanes of at least 4 members (excludes halogenated alkanes) is 2. The highest BCUT2D eigenvalue weighted by Gasteiger charge is 2.20. The van der Waals surface area contributed by atoms with Crippen LogP contribution in [-0.2, 0) is 14.9 Å². The lowest BCUT2D eigenvalue weighted by Crippen LogP contribution is -2.11. The van der Waals surface area contributed by atoms with Gasteiger partial charge in [-0.05, 0) is 6.42 Å². The molecule has 0 saturated heterocycles. The van der Waals surface area contributed by atoms with Crippen molar-refractivity contribution >= 4 is 16.1 Å². The predicted molar refractivity (Wildman–Crippen MR) is 46.8 cm³/mol. The molecule has 0 radical (unpaired) electrons. The summed E-state index contributed by atoms with van der Waals surface area (Å²) >= 11 is 0. The number of carbonyl (C=O) groups is 1. The molecule has 0 aromatic heterocycles. The molecule has 0 rings (SSSR count). The number of rotatable bonds is 5. The van der Waals surface area contributed by atoms with Gasteiger partial charge in [-0.15, -0.1) is 0 Å². The Labute approximate surface area is 76.8 Å². The van der Waals surface area contributed by atoms with E-state index in [0.717, 1.165) is 12.5 Å². The standard InChI is InChI=1S/C7H12O5S/c1-2-3-4-5-6(7(8)9)13(10,11)12/h5H,2-4H2,1H3,(H,8,9)(H,10,11,12)/b6-5+. The maximum atomic E-state index is 10.5. The fraction of sp³-hybridized carbons (Fsp3) is 0.571. The van der Waals surface area contributed by atoms with E-state index in [9.17, 15) is 13.2 Å². The van der Waals surface area contributed by atoms with Crippen LogP contribution < -0.4 is 0 Å². The lowest BCUT2D eigenvalue weighted by molar-refractivity contribution is -0.131. The van der Waals surface area contributed by atoms with Crippen LogP contribution in [0.25, 0.3) is 0 Å². The van der Waals surface area contributed by atoms with Gasteiger partial charge in [-0.3, -0.25) is 4.55 Å². The first-order valence-electron chi connectivity index (χ1n) is 3.80. The Morgan fingerprint density at radius 3 is 2.31 bits per heavy atom. The minimum atomic E-state index is -4.58. The second-order valence-electron chi connectivity index (χ2n) is 2.49. The average molecular weight is 208 g/mol. The second kappa shape index (κ2) is 4.98. The number of aliphatic carboxylic acids is 1. The summed E-state index contributed by atoms with van der Waals surface area (Å²) in [6, 6.07) is 0. The van der Waals surface area contributed by atoms with Crippen LogP contribution in [0.4, 0.5) is 0 Å². The van der Waals surface area contributed by atoms with Gasteiger partial charge in [-0.2, -0.15) is 8.42 Å². The first kappa shape index (κ1) is 12.1. The monoisotopic (exact) mass is 208 g/mol. The summed E-state index contributed by atoms with van der Waals surface area (Å²) in [5, 5.41) is 8.40.